The molecule has 0 aliphatic rings. The SMILES string of the molecule is CCNS(=O)(=O)c1ccc(CCC(=O)N(Cc2ccc(Cl)cc2)C(C(=O)NCc2ccccc2Cl)c2ccccc2)cc1. The lowest BCUT2D eigenvalue weighted by molar-refractivity contribution is -0.141. The number of carbonyl (C=O) groups excluding carboxylic acids is 2. The second-order valence-corrected chi connectivity index (χ2v) is 12.5. The van der Waals surface area contributed by atoms with Crippen molar-refractivity contribution >= 4 is 45.0 Å². The second kappa shape index (κ2) is 15.2. The lowest BCUT2D eigenvalue weighted by Gasteiger charge is -2.32. The van der Waals surface area contributed by atoms with E-state index in [0.29, 0.717) is 22.0 Å². The van der Waals surface area contributed by atoms with Crippen LogP contribution in [-0.4, -0.2) is 31.7 Å². The molecule has 2 amide bonds. The summed E-state index contributed by atoms with van der Waals surface area (Å²) in [6, 6.07) is 29.1. The minimum absolute atomic E-state index is 0.105. The van der Waals surface area contributed by atoms with Crippen LogP contribution >= 0.6 is 23.2 Å². The Morgan fingerprint density at radius 2 is 1.44 bits per heavy atom. The van der Waals surface area contributed by atoms with Gasteiger partial charge in [-0.25, -0.2) is 13.1 Å². The maximum atomic E-state index is 13.9. The number of benzene rings is 4. The third kappa shape index (κ3) is 8.91. The lowest BCUT2D eigenvalue weighted by Crippen LogP contribution is -2.43. The molecule has 1 unspecified atom stereocenters. The average molecular weight is 639 g/mol. The number of nitrogens with one attached hydrogen (secondary N) is 2. The monoisotopic (exact) mass is 637 g/mol. The van der Waals surface area contributed by atoms with Crippen molar-refractivity contribution in [1.82, 2.24) is 14.9 Å². The molecular weight excluding hydrogens is 605 g/mol. The zero-order chi connectivity index (χ0) is 30.8. The van der Waals surface area contributed by atoms with Gasteiger partial charge >= 0.3 is 0 Å². The molecule has 4 rings (SSSR count). The smallest absolute Gasteiger partial charge is 0.247 e. The Morgan fingerprint density at radius 3 is 2.09 bits per heavy atom. The number of nitrogens with zero attached hydrogens (tertiary/aromatic N) is 1. The van der Waals surface area contributed by atoms with E-state index in [9.17, 15) is 18.0 Å². The van der Waals surface area contributed by atoms with Gasteiger partial charge in [0.2, 0.25) is 21.8 Å². The Labute approximate surface area is 262 Å². The molecule has 0 fully saturated rings. The van der Waals surface area contributed by atoms with Gasteiger partial charge in [0.15, 0.2) is 0 Å². The van der Waals surface area contributed by atoms with E-state index in [-0.39, 0.29) is 42.8 Å². The van der Waals surface area contributed by atoms with Crippen molar-refractivity contribution in [3.05, 3.63) is 135 Å². The molecule has 7 nitrogen and oxygen atoms in total. The fourth-order valence-corrected chi connectivity index (χ4v) is 6.01. The molecule has 0 saturated heterocycles. The topological polar surface area (TPSA) is 95.6 Å². The van der Waals surface area contributed by atoms with Crippen molar-refractivity contribution in [1.29, 1.82) is 0 Å². The molecule has 0 aliphatic carbocycles. The molecule has 10 heteroatoms. The Kier molecular flexibility index (Phi) is 11.4. The van der Waals surface area contributed by atoms with Gasteiger partial charge in [-0.05, 0) is 59.0 Å². The molecule has 0 aromatic heterocycles. The van der Waals surface area contributed by atoms with Gasteiger partial charge < -0.3 is 10.2 Å². The maximum Gasteiger partial charge on any atom is 0.247 e. The van der Waals surface area contributed by atoms with Gasteiger partial charge in [-0.1, -0.05) is 103 Å². The first-order chi connectivity index (χ1) is 20.7. The molecular formula is C33H33Cl2N3O4S. The number of sulfonamides is 1. The minimum Gasteiger partial charge on any atom is -0.350 e. The number of amides is 2. The zero-order valence-corrected chi connectivity index (χ0v) is 26.0. The third-order valence-corrected chi connectivity index (χ3v) is 9.05. The third-order valence-electron chi connectivity index (χ3n) is 6.87. The molecule has 2 N–H and O–H groups in total. The van der Waals surface area contributed by atoms with E-state index >= 15 is 0 Å². The van der Waals surface area contributed by atoms with E-state index < -0.39 is 16.1 Å². The lowest BCUT2D eigenvalue weighted by atomic mass is 10.0. The molecule has 0 saturated carbocycles. The molecule has 0 radical (unpaired) electrons. The van der Waals surface area contributed by atoms with E-state index in [2.05, 4.69) is 10.0 Å². The second-order valence-electron chi connectivity index (χ2n) is 9.92. The highest BCUT2D eigenvalue weighted by atomic mass is 35.5. The molecule has 1 atom stereocenters. The molecule has 4 aromatic rings. The fourth-order valence-electron chi connectivity index (χ4n) is 4.64. The molecule has 0 bridgehead atoms. The Hall–Kier alpha value is -3.69. The van der Waals surface area contributed by atoms with Crippen molar-refractivity contribution in [2.75, 3.05) is 6.54 Å². The Morgan fingerprint density at radius 1 is 0.814 bits per heavy atom. The molecule has 224 valence electrons. The standard InChI is InChI=1S/C33H33Cl2N3O4S/c1-2-37-43(41,42)29-19-14-24(15-20-29)16-21-31(39)38(23-25-12-17-28(34)18-13-25)32(26-8-4-3-5-9-26)33(40)36-22-27-10-6-7-11-30(27)35/h3-15,17-20,32,37H,2,16,21-23H2,1H3,(H,36,40). The summed E-state index contributed by atoms with van der Waals surface area (Å²) in [6.07, 6.45) is 0.467. The quantitative estimate of drug-likeness (QED) is 0.180. The summed E-state index contributed by atoms with van der Waals surface area (Å²) in [5.41, 5.74) is 3.05. The van der Waals surface area contributed by atoms with Crippen LogP contribution < -0.4 is 10.0 Å². The van der Waals surface area contributed by atoms with E-state index in [0.717, 1.165) is 16.7 Å². The first-order valence-corrected chi connectivity index (χ1v) is 16.1. The number of aryl methyl sites for hydroxylation is 1. The minimum atomic E-state index is -3.58. The van der Waals surface area contributed by atoms with E-state index in [1.165, 1.54) is 12.1 Å². The summed E-state index contributed by atoms with van der Waals surface area (Å²) < 4.78 is 27.1. The summed E-state index contributed by atoms with van der Waals surface area (Å²) in [5.74, 6) is -0.576. The van der Waals surface area contributed by atoms with Crippen molar-refractivity contribution in [2.45, 2.75) is 43.8 Å². The first-order valence-electron chi connectivity index (χ1n) is 13.9. The van der Waals surface area contributed by atoms with E-state index in [4.69, 9.17) is 23.2 Å². The normalized spacial score (nSPS) is 12.0. The summed E-state index contributed by atoms with van der Waals surface area (Å²) >= 11 is 12.4. The average Bonchev–Trinajstić information content (AvgIpc) is 3.01. The highest BCUT2D eigenvalue weighted by Crippen LogP contribution is 2.26. The van der Waals surface area contributed by atoms with Crippen molar-refractivity contribution < 1.29 is 18.0 Å². The molecule has 43 heavy (non-hydrogen) atoms. The number of hydrogen-bond acceptors (Lipinski definition) is 4. The number of hydrogen-bond donors (Lipinski definition) is 2. The van der Waals surface area contributed by atoms with Crippen LogP contribution in [0.15, 0.2) is 108 Å². The predicted molar refractivity (Wildman–Crippen MR) is 170 cm³/mol. The van der Waals surface area contributed by atoms with Crippen LogP contribution in [0.1, 0.15) is 41.6 Å². The fraction of sp³-hybridized carbons (Fsp3) is 0.212. The van der Waals surface area contributed by atoms with Crippen LogP contribution in [0.3, 0.4) is 0 Å². The molecule has 0 heterocycles. The number of halogens is 2. The highest BCUT2D eigenvalue weighted by molar-refractivity contribution is 7.89. The summed E-state index contributed by atoms with van der Waals surface area (Å²) in [7, 11) is -3.58. The van der Waals surface area contributed by atoms with Crippen LogP contribution in [0.4, 0.5) is 0 Å². The summed E-state index contributed by atoms with van der Waals surface area (Å²) in [4.78, 5) is 29.5. The van der Waals surface area contributed by atoms with Crippen molar-refractivity contribution in [2.24, 2.45) is 0 Å². The van der Waals surface area contributed by atoms with E-state index in [1.807, 2.05) is 60.7 Å². The summed E-state index contributed by atoms with van der Waals surface area (Å²) in [6.45, 7) is 2.38. The van der Waals surface area contributed by atoms with Crippen LogP contribution in [0, 0.1) is 0 Å². The zero-order valence-electron chi connectivity index (χ0n) is 23.7. The van der Waals surface area contributed by atoms with Gasteiger partial charge in [0.1, 0.15) is 6.04 Å². The summed E-state index contributed by atoms with van der Waals surface area (Å²) in [5, 5.41) is 4.08. The molecule has 0 aliphatic heterocycles. The largest absolute Gasteiger partial charge is 0.350 e. The van der Waals surface area contributed by atoms with Gasteiger partial charge in [-0.2, -0.15) is 0 Å². The van der Waals surface area contributed by atoms with Gasteiger partial charge in [0, 0.05) is 36.1 Å². The number of rotatable bonds is 13. The highest BCUT2D eigenvalue weighted by Gasteiger charge is 2.31. The van der Waals surface area contributed by atoms with Gasteiger partial charge in [-0.15, -0.1) is 0 Å². The van der Waals surface area contributed by atoms with Gasteiger partial charge in [0.25, 0.3) is 0 Å². The van der Waals surface area contributed by atoms with Crippen LogP contribution in [0.5, 0.6) is 0 Å². The van der Waals surface area contributed by atoms with Crippen LogP contribution in [0.2, 0.25) is 10.0 Å². The van der Waals surface area contributed by atoms with Gasteiger partial charge in [-0.3, -0.25) is 9.59 Å². The Balaban J connectivity index is 1.60. The molecule has 0 spiro atoms. The van der Waals surface area contributed by atoms with Crippen molar-refractivity contribution in [3.63, 3.8) is 0 Å². The van der Waals surface area contributed by atoms with Crippen molar-refractivity contribution in [3.8, 4) is 0 Å². The first kappa shape index (κ1) is 32.2. The Bertz CT molecular complexity index is 1630. The molecule has 4 aromatic carbocycles. The van der Waals surface area contributed by atoms with Gasteiger partial charge in [0.05, 0.1) is 4.90 Å². The maximum absolute atomic E-state index is 13.9. The number of carbonyl (C=O) groups is 2. The van der Waals surface area contributed by atoms with Crippen LogP contribution in [0.25, 0.3) is 0 Å². The van der Waals surface area contributed by atoms with E-state index in [1.54, 1.807) is 42.2 Å². The predicted octanol–water partition coefficient (Wildman–Crippen LogP) is 6.31. The van der Waals surface area contributed by atoms with Crippen LogP contribution in [-0.2, 0) is 39.1 Å².